The molecule has 3 nitrogen and oxygen atoms in total. The number of hydrogen-bond acceptors (Lipinski definition) is 3. The topological polar surface area (TPSA) is 24.5 Å². The van der Waals surface area contributed by atoms with E-state index in [4.69, 9.17) is 4.74 Å². The summed E-state index contributed by atoms with van der Waals surface area (Å²) < 4.78 is 6.96. The van der Waals surface area contributed by atoms with Crippen LogP contribution in [0.1, 0.15) is 18.1 Å². The predicted octanol–water partition coefficient (Wildman–Crippen LogP) is 3.86. The first-order chi connectivity index (χ1) is 11.7. The van der Waals surface area contributed by atoms with Gasteiger partial charge in [-0.15, -0.1) is 0 Å². The first-order valence-electron chi connectivity index (χ1n) is 8.62. The van der Waals surface area contributed by atoms with Gasteiger partial charge >= 0.3 is 0 Å². The third kappa shape index (κ3) is 4.82. The molecule has 0 saturated carbocycles. The summed E-state index contributed by atoms with van der Waals surface area (Å²) in [6, 6.07) is 17.3. The standard InChI is InChI=1S/C20H25BrN2O/c1-16-14-22-10-12-23(16)11-9-17-7-8-20(19(21)13-17)24-15-18-5-3-2-4-6-18/h2-8,13,16,22H,9-12,14-15H2,1H3/t16-/m1/s1. The number of nitrogens with one attached hydrogen (secondary N) is 1. The Bertz CT molecular complexity index is 647. The molecular weight excluding hydrogens is 364 g/mol. The molecule has 0 spiro atoms. The van der Waals surface area contributed by atoms with Gasteiger partial charge < -0.3 is 10.1 Å². The fourth-order valence-corrected chi connectivity index (χ4v) is 3.58. The fraction of sp³-hybridized carbons (Fsp3) is 0.400. The second kappa shape index (κ2) is 8.65. The summed E-state index contributed by atoms with van der Waals surface area (Å²) in [4.78, 5) is 2.56. The van der Waals surface area contributed by atoms with Crippen LogP contribution < -0.4 is 10.1 Å². The summed E-state index contributed by atoms with van der Waals surface area (Å²) >= 11 is 3.65. The maximum atomic E-state index is 5.92. The van der Waals surface area contributed by atoms with E-state index in [1.54, 1.807) is 0 Å². The van der Waals surface area contributed by atoms with Crippen molar-refractivity contribution in [2.24, 2.45) is 0 Å². The lowest BCUT2D eigenvalue weighted by Crippen LogP contribution is -2.50. The van der Waals surface area contributed by atoms with Crippen LogP contribution in [-0.4, -0.2) is 37.1 Å². The number of halogens is 1. The van der Waals surface area contributed by atoms with Gasteiger partial charge in [0.05, 0.1) is 4.47 Å². The quantitative estimate of drug-likeness (QED) is 0.812. The van der Waals surface area contributed by atoms with Gasteiger partial charge in [-0.1, -0.05) is 36.4 Å². The van der Waals surface area contributed by atoms with Crippen molar-refractivity contribution in [3.05, 3.63) is 64.1 Å². The van der Waals surface area contributed by atoms with E-state index in [1.807, 2.05) is 18.2 Å². The Morgan fingerprint density at radius 2 is 2.00 bits per heavy atom. The highest BCUT2D eigenvalue weighted by Gasteiger charge is 2.17. The molecule has 0 unspecified atom stereocenters. The lowest BCUT2D eigenvalue weighted by atomic mass is 10.1. The van der Waals surface area contributed by atoms with Crippen LogP contribution in [0.15, 0.2) is 53.0 Å². The zero-order chi connectivity index (χ0) is 16.8. The molecule has 0 radical (unpaired) electrons. The third-order valence-corrected chi connectivity index (χ3v) is 5.18. The van der Waals surface area contributed by atoms with Gasteiger partial charge in [-0.3, -0.25) is 4.90 Å². The third-order valence-electron chi connectivity index (χ3n) is 4.56. The summed E-state index contributed by atoms with van der Waals surface area (Å²) in [5.74, 6) is 0.901. The molecule has 1 saturated heterocycles. The number of ether oxygens (including phenoxy) is 1. The van der Waals surface area contributed by atoms with Crippen molar-refractivity contribution in [1.82, 2.24) is 10.2 Å². The predicted molar refractivity (Wildman–Crippen MR) is 103 cm³/mol. The summed E-state index contributed by atoms with van der Waals surface area (Å²) in [7, 11) is 0. The van der Waals surface area contributed by atoms with Crippen LogP contribution >= 0.6 is 15.9 Å². The van der Waals surface area contributed by atoms with Crippen molar-refractivity contribution in [1.29, 1.82) is 0 Å². The molecule has 0 amide bonds. The van der Waals surface area contributed by atoms with Gasteiger partial charge in [0.1, 0.15) is 12.4 Å². The maximum Gasteiger partial charge on any atom is 0.134 e. The van der Waals surface area contributed by atoms with Crippen molar-refractivity contribution in [2.75, 3.05) is 26.2 Å². The van der Waals surface area contributed by atoms with Crippen molar-refractivity contribution < 1.29 is 4.74 Å². The molecule has 1 atom stereocenters. The van der Waals surface area contributed by atoms with E-state index >= 15 is 0 Å². The smallest absolute Gasteiger partial charge is 0.134 e. The van der Waals surface area contributed by atoms with Crippen molar-refractivity contribution in [3.63, 3.8) is 0 Å². The van der Waals surface area contributed by atoms with Crippen LogP contribution in [0.3, 0.4) is 0 Å². The van der Waals surface area contributed by atoms with E-state index in [1.165, 1.54) is 11.1 Å². The molecule has 24 heavy (non-hydrogen) atoms. The van der Waals surface area contributed by atoms with Gasteiger partial charge in [0, 0.05) is 32.2 Å². The monoisotopic (exact) mass is 388 g/mol. The molecule has 0 bridgehead atoms. The Hall–Kier alpha value is -1.36. The normalized spacial score (nSPS) is 18.5. The molecule has 1 heterocycles. The summed E-state index contributed by atoms with van der Waals surface area (Å²) in [6.45, 7) is 7.33. The van der Waals surface area contributed by atoms with Crippen molar-refractivity contribution in [3.8, 4) is 5.75 Å². The average molecular weight is 389 g/mol. The largest absolute Gasteiger partial charge is 0.488 e. The summed E-state index contributed by atoms with van der Waals surface area (Å²) in [5, 5.41) is 3.44. The molecule has 1 aliphatic rings. The second-order valence-electron chi connectivity index (χ2n) is 6.38. The number of rotatable bonds is 6. The Balaban J connectivity index is 1.54. The van der Waals surface area contributed by atoms with Crippen LogP contribution in [0.25, 0.3) is 0 Å². The zero-order valence-corrected chi connectivity index (χ0v) is 15.8. The minimum Gasteiger partial charge on any atom is -0.488 e. The van der Waals surface area contributed by atoms with E-state index in [2.05, 4.69) is 63.4 Å². The SMILES string of the molecule is C[C@@H]1CNCCN1CCc1ccc(OCc2ccccc2)c(Br)c1. The molecule has 3 rings (SSSR count). The van der Waals surface area contributed by atoms with Crippen LogP contribution in [-0.2, 0) is 13.0 Å². The van der Waals surface area contributed by atoms with Gasteiger partial charge in [0.2, 0.25) is 0 Å². The van der Waals surface area contributed by atoms with Gasteiger partial charge in [-0.05, 0) is 52.5 Å². The molecule has 1 aliphatic heterocycles. The molecule has 0 aromatic heterocycles. The lowest BCUT2D eigenvalue weighted by Gasteiger charge is -2.33. The second-order valence-corrected chi connectivity index (χ2v) is 7.23. The van der Waals surface area contributed by atoms with Crippen molar-refractivity contribution >= 4 is 15.9 Å². The molecule has 1 fully saturated rings. The van der Waals surface area contributed by atoms with Crippen LogP contribution in [0.2, 0.25) is 0 Å². The number of piperazine rings is 1. The number of nitrogens with zero attached hydrogens (tertiary/aromatic N) is 1. The number of benzene rings is 2. The Morgan fingerprint density at radius 3 is 2.75 bits per heavy atom. The summed E-state index contributed by atoms with van der Waals surface area (Å²) in [5.41, 5.74) is 2.53. The molecule has 2 aromatic rings. The molecule has 1 N–H and O–H groups in total. The van der Waals surface area contributed by atoms with Gasteiger partial charge in [-0.2, -0.15) is 0 Å². The average Bonchev–Trinajstić information content (AvgIpc) is 2.61. The first-order valence-corrected chi connectivity index (χ1v) is 9.41. The van der Waals surface area contributed by atoms with Crippen molar-refractivity contribution in [2.45, 2.75) is 26.0 Å². The van der Waals surface area contributed by atoms with E-state index in [0.717, 1.165) is 42.8 Å². The van der Waals surface area contributed by atoms with E-state index in [0.29, 0.717) is 12.6 Å². The highest BCUT2D eigenvalue weighted by molar-refractivity contribution is 9.10. The highest BCUT2D eigenvalue weighted by Crippen LogP contribution is 2.27. The Labute approximate surface area is 153 Å². The molecule has 0 aliphatic carbocycles. The van der Waals surface area contributed by atoms with Gasteiger partial charge in [-0.25, -0.2) is 0 Å². The molecular formula is C20H25BrN2O. The minimum absolute atomic E-state index is 0.594. The van der Waals surface area contributed by atoms with E-state index in [9.17, 15) is 0 Å². The van der Waals surface area contributed by atoms with E-state index < -0.39 is 0 Å². The molecule has 4 heteroatoms. The summed E-state index contributed by atoms with van der Waals surface area (Å²) in [6.07, 6.45) is 1.07. The van der Waals surface area contributed by atoms with Gasteiger partial charge in [0.25, 0.3) is 0 Å². The van der Waals surface area contributed by atoms with E-state index in [-0.39, 0.29) is 0 Å². The lowest BCUT2D eigenvalue weighted by molar-refractivity contribution is 0.176. The van der Waals surface area contributed by atoms with Gasteiger partial charge in [0.15, 0.2) is 0 Å². The van der Waals surface area contributed by atoms with Crippen LogP contribution in [0, 0.1) is 0 Å². The molecule has 128 valence electrons. The molecule has 2 aromatic carbocycles. The Morgan fingerprint density at radius 1 is 1.17 bits per heavy atom. The Kier molecular flexibility index (Phi) is 6.30. The maximum absolute atomic E-state index is 5.92. The highest BCUT2D eigenvalue weighted by atomic mass is 79.9. The first kappa shape index (κ1) is 17.5. The van der Waals surface area contributed by atoms with Crippen LogP contribution in [0.5, 0.6) is 5.75 Å². The number of hydrogen-bond donors (Lipinski definition) is 1. The fourth-order valence-electron chi connectivity index (χ4n) is 3.04. The zero-order valence-electron chi connectivity index (χ0n) is 14.2. The minimum atomic E-state index is 0.594. The van der Waals surface area contributed by atoms with Crippen LogP contribution in [0.4, 0.5) is 0 Å².